The lowest BCUT2D eigenvalue weighted by molar-refractivity contribution is 0.263. The number of piperidine rings is 1. The van der Waals surface area contributed by atoms with Gasteiger partial charge in [-0.25, -0.2) is 9.37 Å². The van der Waals surface area contributed by atoms with Crippen LogP contribution in [0.2, 0.25) is 0 Å². The van der Waals surface area contributed by atoms with E-state index in [4.69, 9.17) is 4.42 Å². The molecule has 1 aromatic heterocycles. The Morgan fingerprint density at radius 2 is 2.15 bits per heavy atom. The molecule has 1 aliphatic rings. The molecule has 0 amide bonds. The molecule has 4 heteroatoms. The number of hydrogen-bond donors (Lipinski definition) is 1. The van der Waals surface area contributed by atoms with Crippen LogP contribution >= 0.6 is 0 Å². The summed E-state index contributed by atoms with van der Waals surface area (Å²) >= 11 is 0. The van der Waals surface area contributed by atoms with E-state index in [1.165, 1.54) is 12.1 Å². The van der Waals surface area contributed by atoms with E-state index >= 15 is 0 Å². The Morgan fingerprint density at radius 1 is 1.35 bits per heavy atom. The molecule has 0 atom stereocenters. The monoisotopic (exact) mass is 274 g/mol. The summed E-state index contributed by atoms with van der Waals surface area (Å²) in [5.74, 6) is 1.39. The highest BCUT2D eigenvalue weighted by atomic mass is 19.1. The number of hydrogen-bond acceptors (Lipinski definition) is 3. The molecule has 3 rings (SSSR count). The lowest BCUT2D eigenvalue weighted by atomic mass is 9.81. The van der Waals surface area contributed by atoms with E-state index in [0.29, 0.717) is 6.42 Å². The van der Waals surface area contributed by atoms with Gasteiger partial charge in [-0.3, -0.25) is 0 Å². The SMILES string of the molecule is CC1(c2ncc(Cc3cccc(F)c3)o2)CCNCC1. The second-order valence-electron chi connectivity index (χ2n) is 5.75. The minimum absolute atomic E-state index is 0.0193. The summed E-state index contributed by atoms with van der Waals surface area (Å²) in [6.07, 6.45) is 4.42. The van der Waals surface area contributed by atoms with Gasteiger partial charge < -0.3 is 9.73 Å². The van der Waals surface area contributed by atoms with Crippen LogP contribution in [0.5, 0.6) is 0 Å². The van der Waals surface area contributed by atoms with E-state index in [-0.39, 0.29) is 11.2 Å². The van der Waals surface area contributed by atoms with Crippen molar-refractivity contribution in [3.63, 3.8) is 0 Å². The summed E-state index contributed by atoms with van der Waals surface area (Å²) in [5, 5.41) is 3.35. The maximum absolute atomic E-state index is 13.2. The summed E-state index contributed by atoms with van der Waals surface area (Å²) in [5.41, 5.74) is 0.925. The third kappa shape index (κ3) is 2.75. The highest BCUT2D eigenvalue weighted by molar-refractivity contribution is 5.21. The second kappa shape index (κ2) is 5.37. The topological polar surface area (TPSA) is 38.1 Å². The third-order valence-electron chi connectivity index (χ3n) is 4.04. The van der Waals surface area contributed by atoms with Gasteiger partial charge in [-0.2, -0.15) is 0 Å². The first-order valence-electron chi connectivity index (χ1n) is 7.06. The lowest BCUT2D eigenvalue weighted by Crippen LogP contribution is -2.37. The molecule has 2 heterocycles. The number of halogens is 1. The molecule has 0 aliphatic carbocycles. The molecule has 1 saturated heterocycles. The maximum atomic E-state index is 13.2. The quantitative estimate of drug-likeness (QED) is 0.935. The Morgan fingerprint density at radius 3 is 2.90 bits per heavy atom. The molecule has 0 unspecified atom stereocenters. The molecule has 0 spiro atoms. The van der Waals surface area contributed by atoms with E-state index in [2.05, 4.69) is 17.2 Å². The average Bonchev–Trinajstić information content (AvgIpc) is 2.89. The fraction of sp³-hybridized carbons (Fsp3) is 0.438. The highest BCUT2D eigenvalue weighted by Crippen LogP contribution is 2.32. The van der Waals surface area contributed by atoms with Crippen LogP contribution in [-0.4, -0.2) is 18.1 Å². The molecule has 20 heavy (non-hydrogen) atoms. The highest BCUT2D eigenvalue weighted by Gasteiger charge is 2.33. The van der Waals surface area contributed by atoms with E-state index in [0.717, 1.165) is 43.1 Å². The van der Waals surface area contributed by atoms with E-state index < -0.39 is 0 Å². The van der Waals surface area contributed by atoms with E-state index in [1.54, 1.807) is 12.3 Å². The Kier molecular flexibility index (Phi) is 3.57. The van der Waals surface area contributed by atoms with Crippen LogP contribution in [-0.2, 0) is 11.8 Å². The van der Waals surface area contributed by atoms with Crippen molar-refractivity contribution in [2.75, 3.05) is 13.1 Å². The van der Waals surface area contributed by atoms with Crippen molar-refractivity contribution >= 4 is 0 Å². The van der Waals surface area contributed by atoms with Crippen molar-refractivity contribution < 1.29 is 8.81 Å². The molecule has 1 aliphatic heterocycles. The number of benzene rings is 1. The molecule has 3 nitrogen and oxygen atoms in total. The van der Waals surface area contributed by atoms with E-state index in [9.17, 15) is 4.39 Å². The molecular formula is C16H19FN2O. The van der Waals surface area contributed by atoms with Gasteiger partial charge in [0, 0.05) is 11.8 Å². The molecule has 1 fully saturated rings. The third-order valence-corrected chi connectivity index (χ3v) is 4.04. The number of rotatable bonds is 3. The number of aromatic nitrogens is 1. The van der Waals surface area contributed by atoms with Gasteiger partial charge in [0.1, 0.15) is 11.6 Å². The Balaban J connectivity index is 1.76. The van der Waals surface area contributed by atoms with Crippen LogP contribution in [0.25, 0.3) is 0 Å². The zero-order chi connectivity index (χ0) is 14.0. The average molecular weight is 274 g/mol. The van der Waals surface area contributed by atoms with Crippen LogP contribution in [0, 0.1) is 5.82 Å². The van der Waals surface area contributed by atoms with Gasteiger partial charge in [0.25, 0.3) is 0 Å². The van der Waals surface area contributed by atoms with Crippen LogP contribution in [0.4, 0.5) is 4.39 Å². The number of oxazole rings is 1. The number of nitrogens with one attached hydrogen (secondary N) is 1. The molecule has 1 aromatic carbocycles. The standard InChI is InChI=1S/C16H19FN2O/c1-16(5-7-18-8-6-16)15-19-11-14(20-15)10-12-3-2-4-13(17)9-12/h2-4,9,11,18H,5-8,10H2,1H3. The second-order valence-corrected chi connectivity index (χ2v) is 5.75. The van der Waals surface area contributed by atoms with Crippen LogP contribution in [0.1, 0.15) is 37.0 Å². The van der Waals surface area contributed by atoms with Gasteiger partial charge in [0.2, 0.25) is 0 Å². The Labute approximate surface area is 118 Å². The summed E-state index contributed by atoms with van der Waals surface area (Å²) in [7, 11) is 0. The first kappa shape index (κ1) is 13.3. The molecule has 2 aromatic rings. The van der Waals surface area contributed by atoms with Gasteiger partial charge >= 0.3 is 0 Å². The van der Waals surface area contributed by atoms with Crippen molar-refractivity contribution in [1.82, 2.24) is 10.3 Å². The van der Waals surface area contributed by atoms with Gasteiger partial charge in [-0.15, -0.1) is 0 Å². The Bertz CT molecular complexity index is 588. The largest absolute Gasteiger partial charge is 0.445 e. The first-order chi connectivity index (χ1) is 9.66. The molecule has 0 saturated carbocycles. The Hall–Kier alpha value is -1.68. The lowest BCUT2D eigenvalue weighted by Gasteiger charge is -2.30. The van der Waals surface area contributed by atoms with Crippen molar-refractivity contribution in [1.29, 1.82) is 0 Å². The van der Waals surface area contributed by atoms with Crippen LogP contribution in [0.3, 0.4) is 0 Å². The zero-order valence-electron chi connectivity index (χ0n) is 11.7. The summed E-state index contributed by atoms with van der Waals surface area (Å²) in [6, 6.07) is 6.60. The first-order valence-corrected chi connectivity index (χ1v) is 7.06. The normalized spacial score (nSPS) is 18.1. The molecule has 0 radical (unpaired) electrons. The van der Waals surface area contributed by atoms with Crippen molar-refractivity contribution in [2.24, 2.45) is 0 Å². The molecule has 106 valence electrons. The maximum Gasteiger partial charge on any atom is 0.200 e. The predicted octanol–water partition coefficient (Wildman–Crippen LogP) is 3.05. The summed E-state index contributed by atoms with van der Waals surface area (Å²) in [6.45, 7) is 4.20. The number of nitrogens with zero attached hydrogens (tertiary/aromatic N) is 1. The van der Waals surface area contributed by atoms with Crippen molar-refractivity contribution in [3.05, 3.63) is 53.5 Å². The minimum atomic E-state index is -0.215. The predicted molar refractivity (Wildman–Crippen MR) is 75.2 cm³/mol. The fourth-order valence-electron chi connectivity index (χ4n) is 2.71. The van der Waals surface area contributed by atoms with Crippen molar-refractivity contribution in [2.45, 2.75) is 31.6 Å². The van der Waals surface area contributed by atoms with E-state index in [1.807, 2.05) is 6.07 Å². The van der Waals surface area contributed by atoms with Gasteiger partial charge in [-0.05, 0) is 43.6 Å². The van der Waals surface area contributed by atoms with Gasteiger partial charge in [0.05, 0.1) is 6.20 Å². The van der Waals surface area contributed by atoms with Gasteiger partial charge in [-0.1, -0.05) is 19.1 Å². The fourth-order valence-corrected chi connectivity index (χ4v) is 2.71. The minimum Gasteiger partial charge on any atom is -0.445 e. The molecule has 0 bridgehead atoms. The molecular weight excluding hydrogens is 255 g/mol. The smallest absolute Gasteiger partial charge is 0.200 e. The zero-order valence-corrected chi connectivity index (χ0v) is 11.7. The summed E-state index contributed by atoms with van der Waals surface area (Å²) in [4.78, 5) is 4.44. The molecule has 1 N–H and O–H groups in total. The van der Waals surface area contributed by atoms with Gasteiger partial charge in [0.15, 0.2) is 5.89 Å². The van der Waals surface area contributed by atoms with Crippen LogP contribution < -0.4 is 5.32 Å². The van der Waals surface area contributed by atoms with Crippen molar-refractivity contribution in [3.8, 4) is 0 Å². The summed E-state index contributed by atoms with van der Waals surface area (Å²) < 4.78 is 19.1. The van der Waals surface area contributed by atoms with Crippen LogP contribution in [0.15, 0.2) is 34.9 Å².